The molecule has 1 unspecified atom stereocenters. The number of halogens is 1. The quantitative estimate of drug-likeness (QED) is 0.780. The number of anilines is 2. The second kappa shape index (κ2) is 4.28. The normalized spacial score (nSPS) is 17.3. The Hall–Kier alpha value is -1.70. The van der Waals surface area contributed by atoms with Gasteiger partial charge in [-0.15, -0.1) is 6.42 Å². The predicted octanol–water partition coefficient (Wildman–Crippen LogP) is 1.39. The number of hydrogen-bond donors (Lipinski definition) is 2. The van der Waals surface area contributed by atoms with Crippen LogP contribution in [0.5, 0.6) is 0 Å². The zero-order valence-electron chi connectivity index (χ0n) is 9.20. The standard InChI is InChI=1S/C12H11ClN2O2/c1-3-4-15(2)10-6-9-7(5-8(10)13)11(16)12(17)14-9/h1,5-6,11,16H,4H2,2H3,(H,14,17). The summed E-state index contributed by atoms with van der Waals surface area (Å²) in [5.74, 6) is 2.07. The zero-order valence-corrected chi connectivity index (χ0v) is 9.95. The van der Waals surface area contributed by atoms with Crippen LogP contribution < -0.4 is 10.2 Å². The molecule has 1 atom stereocenters. The highest BCUT2D eigenvalue weighted by molar-refractivity contribution is 6.33. The number of aliphatic hydroxyl groups is 1. The van der Waals surface area contributed by atoms with Gasteiger partial charge < -0.3 is 15.3 Å². The second-order valence-corrected chi connectivity index (χ2v) is 4.25. The number of carbonyl (C=O) groups excluding carboxylic acids is 1. The second-order valence-electron chi connectivity index (χ2n) is 3.84. The van der Waals surface area contributed by atoms with Crippen LogP contribution in [0.2, 0.25) is 5.02 Å². The third-order valence-corrected chi connectivity index (χ3v) is 2.96. The molecule has 1 aromatic rings. The molecular formula is C12H11ClN2O2. The number of rotatable bonds is 2. The molecule has 0 saturated heterocycles. The minimum Gasteiger partial charge on any atom is -0.378 e. The van der Waals surface area contributed by atoms with Gasteiger partial charge in [-0.2, -0.15) is 0 Å². The van der Waals surface area contributed by atoms with Crippen molar-refractivity contribution in [2.45, 2.75) is 6.10 Å². The van der Waals surface area contributed by atoms with Gasteiger partial charge in [-0.1, -0.05) is 17.5 Å². The van der Waals surface area contributed by atoms with Crippen LogP contribution in [0.3, 0.4) is 0 Å². The summed E-state index contributed by atoms with van der Waals surface area (Å²) in [6, 6.07) is 3.30. The minimum atomic E-state index is -1.14. The van der Waals surface area contributed by atoms with E-state index in [4.69, 9.17) is 18.0 Å². The molecule has 1 amide bonds. The SMILES string of the molecule is C#CCN(C)c1cc2c(cc1Cl)C(O)C(=O)N2. The van der Waals surface area contributed by atoms with E-state index < -0.39 is 12.0 Å². The fourth-order valence-electron chi connectivity index (χ4n) is 1.77. The van der Waals surface area contributed by atoms with Crippen LogP contribution >= 0.6 is 11.6 Å². The third-order valence-electron chi connectivity index (χ3n) is 2.66. The van der Waals surface area contributed by atoms with E-state index in [1.807, 2.05) is 0 Å². The first-order chi connectivity index (χ1) is 8.04. The van der Waals surface area contributed by atoms with E-state index in [1.54, 1.807) is 24.1 Å². The fourth-order valence-corrected chi connectivity index (χ4v) is 2.09. The Morgan fingerprint density at radius 3 is 3.00 bits per heavy atom. The van der Waals surface area contributed by atoms with Crippen molar-refractivity contribution in [3.63, 3.8) is 0 Å². The van der Waals surface area contributed by atoms with E-state index in [2.05, 4.69) is 11.2 Å². The van der Waals surface area contributed by atoms with E-state index in [1.165, 1.54) is 0 Å². The van der Waals surface area contributed by atoms with Crippen LogP contribution in [-0.4, -0.2) is 24.6 Å². The number of aliphatic hydroxyl groups excluding tert-OH is 1. The molecule has 17 heavy (non-hydrogen) atoms. The average Bonchev–Trinajstić information content (AvgIpc) is 2.55. The Morgan fingerprint density at radius 1 is 1.65 bits per heavy atom. The van der Waals surface area contributed by atoms with Crippen molar-refractivity contribution >= 4 is 28.9 Å². The van der Waals surface area contributed by atoms with Crippen LogP contribution in [0.4, 0.5) is 11.4 Å². The molecule has 4 nitrogen and oxygen atoms in total. The van der Waals surface area contributed by atoms with E-state index in [-0.39, 0.29) is 0 Å². The molecule has 0 bridgehead atoms. The van der Waals surface area contributed by atoms with Gasteiger partial charge in [0.05, 0.1) is 17.3 Å². The highest BCUT2D eigenvalue weighted by Crippen LogP contribution is 2.38. The Labute approximate surface area is 104 Å². The van der Waals surface area contributed by atoms with Gasteiger partial charge in [0.25, 0.3) is 5.91 Å². The van der Waals surface area contributed by atoms with Crippen LogP contribution in [0.25, 0.3) is 0 Å². The summed E-state index contributed by atoms with van der Waals surface area (Å²) in [6.45, 7) is 0.412. The summed E-state index contributed by atoms with van der Waals surface area (Å²) < 4.78 is 0. The number of nitrogens with zero attached hydrogens (tertiary/aromatic N) is 1. The fraction of sp³-hybridized carbons (Fsp3) is 0.250. The van der Waals surface area contributed by atoms with Crippen molar-refractivity contribution in [2.75, 3.05) is 23.8 Å². The highest BCUT2D eigenvalue weighted by atomic mass is 35.5. The van der Waals surface area contributed by atoms with Gasteiger partial charge in [-0.05, 0) is 12.1 Å². The maximum atomic E-state index is 11.3. The first kappa shape index (κ1) is 11.8. The van der Waals surface area contributed by atoms with Crippen molar-refractivity contribution in [1.29, 1.82) is 0 Å². The molecule has 0 spiro atoms. The average molecular weight is 251 g/mol. The molecule has 0 aromatic heterocycles. The maximum Gasteiger partial charge on any atom is 0.257 e. The lowest BCUT2D eigenvalue weighted by atomic mass is 10.1. The number of amides is 1. The number of hydrogen-bond acceptors (Lipinski definition) is 3. The van der Waals surface area contributed by atoms with Gasteiger partial charge in [-0.25, -0.2) is 0 Å². The van der Waals surface area contributed by atoms with E-state index >= 15 is 0 Å². The van der Waals surface area contributed by atoms with Crippen molar-refractivity contribution in [3.8, 4) is 12.3 Å². The lowest BCUT2D eigenvalue weighted by Gasteiger charge is -2.18. The highest BCUT2D eigenvalue weighted by Gasteiger charge is 2.29. The molecule has 1 aromatic carbocycles. The Bertz CT molecular complexity index is 522. The van der Waals surface area contributed by atoms with Crippen molar-refractivity contribution in [3.05, 3.63) is 22.7 Å². The number of benzene rings is 1. The van der Waals surface area contributed by atoms with Crippen molar-refractivity contribution < 1.29 is 9.90 Å². The predicted molar refractivity (Wildman–Crippen MR) is 67.1 cm³/mol. The van der Waals surface area contributed by atoms with Gasteiger partial charge in [0, 0.05) is 18.3 Å². The Kier molecular flexibility index (Phi) is 2.97. The molecular weight excluding hydrogens is 240 g/mol. The lowest BCUT2D eigenvalue weighted by molar-refractivity contribution is -0.123. The van der Waals surface area contributed by atoms with Crippen molar-refractivity contribution in [1.82, 2.24) is 0 Å². The number of fused-ring (bicyclic) bond motifs is 1. The van der Waals surface area contributed by atoms with E-state index in [9.17, 15) is 9.90 Å². The van der Waals surface area contributed by atoms with Gasteiger partial charge in [0.2, 0.25) is 0 Å². The molecule has 0 saturated carbocycles. The summed E-state index contributed by atoms with van der Waals surface area (Å²) in [6.07, 6.45) is 4.09. The van der Waals surface area contributed by atoms with Crippen LogP contribution in [0.15, 0.2) is 12.1 Å². The van der Waals surface area contributed by atoms with Crippen LogP contribution in [0.1, 0.15) is 11.7 Å². The number of terminal acetylenes is 1. The number of nitrogens with one attached hydrogen (secondary N) is 1. The first-order valence-corrected chi connectivity index (χ1v) is 5.39. The Balaban J connectivity index is 2.44. The van der Waals surface area contributed by atoms with Crippen molar-refractivity contribution in [2.24, 2.45) is 0 Å². The lowest BCUT2D eigenvalue weighted by Crippen LogP contribution is -2.17. The number of carbonyl (C=O) groups is 1. The van der Waals surface area contributed by atoms with E-state index in [0.717, 1.165) is 5.69 Å². The Morgan fingerprint density at radius 2 is 2.35 bits per heavy atom. The van der Waals surface area contributed by atoms with E-state index in [0.29, 0.717) is 22.8 Å². The smallest absolute Gasteiger partial charge is 0.257 e. The monoisotopic (exact) mass is 250 g/mol. The zero-order chi connectivity index (χ0) is 12.6. The molecule has 2 N–H and O–H groups in total. The summed E-state index contributed by atoms with van der Waals surface area (Å²) in [5.41, 5.74) is 1.79. The topological polar surface area (TPSA) is 52.6 Å². The third kappa shape index (κ3) is 1.95. The van der Waals surface area contributed by atoms with Crippen LogP contribution in [-0.2, 0) is 4.79 Å². The molecule has 1 aliphatic rings. The summed E-state index contributed by atoms with van der Waals surface area (Å²) >= 11 is 6.09. The molecule has 1 heterocycles. The largest absolute Gasteiger partial charge is 0.378 e. The molecule has 0 aliphatic carbocycles. The minimum absolute atomic E-state index is 0.412. The molecule has 0 fully saturated rings. The molecule has 0 radical (unpaired) electrons. The van der Waals surface area contributed by atoms with Crippen LogP contribution in [0, 0.1) is 12.3 Å². The van der Waals surface area contributed by atoms with Gasteiger partial charge >= 0.3 is 0 Å². The maximum absolute atomic E-state index is 11.3. The van der Waals surface area contributed by atoms with Gasteiger partial charge in [-0.3, -0.25) is 4.79 Å². The molecule has 88 valence electrons. The molecule has 2 rings (SSSR count). The summed E-state index contributed by atoms with van der Waals surface area (Å²) in [7, 11) is 1.81. The van der Waals surface area contributed by atoms with Gasteiger partial charge in [0.1, 0.15) is 0 Å². The molecule has 5 heteroatoms. The van der Waals surface area contributed by atoms with Gasteiger partial charge in [0.15, 0.2) is 6.10 Å². The molecule has 1 aliphatic heterocycles. The summed E-state index contributed by atoms with van der Waals surface area (Å²) in [5, 5.41) is 12.6. The summed E-state index contributed by atoms with van der Waals surface area (Å²) in [4.78, 5) is 13.1. The first-order valence-electron chi connectivity index (χ1n) is 5.01.